The summed E-state index contributed by atoms with van der Waals surface area (Å²) in [5.41, 5.74) is 4.57. The zero-order valence-corrected chi connectivity index (χ0v) is 17.8. The number of halogens is 1. The number of aromatic amines is 1. The Labute approximate surface area is 178 Å². The first-order chi connectivity index (χ1) is 14.1. The summed E-state index contributed by atoms with van der Waals surface area (Å²) in [5, 5.41) is 14.1. The molecule has 0 atom stereocenters. The Morgan fingerprint density at radius 3 is 2.86 bits per heavy atom. The van der Waals surface area contributed by atoms with Crippen molar-refractivity contribution in [3.8, 4) is 0 Å². The zero-order chi connectivity index (χ0) is 20.4. The molecular formula is C22H23BrN6. The molecule has 7 heteroatoms. The molecule has 0 radical (unpaired) electrons. The number of nitrogens with one attached hydrogen (secondary N) is 4. The molecule has 1 aliphatic rings. The molecular weight excluding hydrogens is 428 g/mol. The second-order valence-corrected chi connectivity index (χ2v) is 8.12. The van der Waals surface area contributed by atoms with E-state index in [2.05, 4.69) is 55.2 Å². The Morgan fingerprint density at radius 2 is 2.17 bits per heavy atom. The van der Waals surface area contributed by atoms with Gasteiger partial charge in [0, 0.05) is 23.4 Å². The predicted octanol–water partition coefficient (Wildman–Crippen LogP) is 4.96. The van der Waals surface area contributed by atoms with Crippen LogP contribution < -0.4 is 10.6 Å². The average Bonchev–Trinajstić information content (AvgIpc) is 3.09. The first-order valence-corrected chi connectivity index (χ1v) is 10.3. The summed E-state index contributed by atoms with van der Waals surface area (Å²) in [4.78, 5) is 12.7. The molecule has 0 amide bonds. The minimum absolute atomic E-state index is 0.136. The summed E-state index contributed by atoms with van der Waals surface area (Å²) in [7, 11) is 1.80. The van der Waals surface area contributed by atoms with Crippen molar-refractivity contribution in [2.45, 2.75) is 24.7 Å². The van der Waals surface area contributed by atoms with E-state index in [1.807, 2.05) is 18.2 Å². The average molecular weight is 451 g/mol. The van der Waals surface area contributed by atoms with Gasteiger partial charge in [-0.25, -0.2) is 9.97 Å². The summed E-state index contributed by atoms with van der Waals surface area (Å²) in [6.07, 6.45) is 10.2. The van der Waals surface area contributed by atoms with Crippen LogP contribution in [0.3, 0.4) is 0 Å². The molecule has 0 spiro atoms. The quantitative estimate of drug-likeness (QED) is 0.315. The zero-order valence-electron chi connectivity index (χ0n) is 16.2. The normalized spacial score (nSPS) is 15.2. The fourth-order valence-corrected chi connectivity index (χ4v) is 4.11. The lowest BCUT2D eigenvalue weighted by Crippen LogP contribution is -2.36. The highest BCUT2D eigenvalue weighted by molar-refractivity contribution is 9.10. The third-order valence-electron chi connectivity index (χ3n) is 5.47. The molecule has 1 fully saturated rings. The van der Waals surface area contributed by atoms with Gasteiger partial charge in [0.2, 0.25) is 0 Å². The molecule has 2 heterocycles. The second-order valence-electron chi connectivity index (χ2n) is 7.21. The number of H-pyrrole nitrogens is 1. The highest BCUT2D eigenvalue weighted by Gasteiger charge is 2.43. The second kappa shape index (κ2) is 7.83. The largest absolute Gasteiger partial charge is 0.394 e. The van der Waals surface area contributed by atoms with Crippen LogP contribution in [-0.2, 0) is 5.41 Å². The van der Waals surface area contributed by atoms with Gasteiger partial charge in [0.15, 0.2) is 5.65 Å². The summed E-state index contributed by atoms with van der Waals surface area (Å²) in [6.45, 7) is 3.97. The van der Waals surface area contributed by atoms with E-state index in [1.54, 1.807) is 25.5 Å². The SMILES string of the molecule is C=Cc1cc(C2(c3nc4cc(Br)cnc4[nH]3)CCC2)ccc1NC(=N)/C=C\NC. The van der Waals surface area contributed by atoms with E-state index in [1.165, 1.54) is 5.56 Å². The van der Waals surface area contributed by atoms with Gasteiger partial charge in [-0.15, -0.1) is 0 Å². The monoisotopic (exact) mass is 450 g/mol. The van der Waals surface area contributed by atoms with Gasteiger partial charge in [0.1, 0.15) is 17.2 Å². The van der Waals surface area contributed by atoms with Crippen molar-refractivity contribution in [3.05, 3.63) is 70.7 Å². The van der Waals surface area contributed by atoms with Crippen LogP contribution in [0, 0.1) is 5.41 Å². The van der Waals surface area contributed by atoms with Crippen molar-refractivity contribution in [1.29, 1.82) is 5.41 Å². The number of hydrogen-bond acceptors (Lipinski definition) is 4. The van der Waals surface area contributed by atoms with Crippen molar-refractivity contribution in [2.24, 2.45) is 0 Å². The third-order valence-corrected chi connectivity index (χ3v) is 5.91. The molecule has 0 aliphatic heterocycles. The van der Waals surface area contributed by atoms with Crippen LogP contribution in [0.1, 0.15) is 36.2 Å². The van der Waals surface area contributed by atoms with E-state index in [4.69, 9.17) is 10.4 Å². The van der Waals surface area contributed by atoms with Crippen LogP contribution in [0.5, 0.6) is 0 Å². The standard InChI is InChI=1S/C22H23BrN6/c1-3-14-11-15(5-6-17(14)27-19(24)7-10-25-2)22(8-4-9-22)21-28-18-12-16(23)13-26-20(18)29-21/h3,5-7,10-13,25H,1,4,8-9H2,2H3,(H2,24,27)(H,26,28,29)/b10-7-. The number of anilines is 1. The maximum atomic E-state index is 8.04. The minimum atomic E-state index is -0.136. The lowest BCUT2D eigenvalue weighted by atomic mass is 9.63. The van der Waals surface area contributed by atoms with Gasteiger partial charge >= 0.3 is 0 Å². The van der Waals surface area contributed by atoms with Crippen molar-refractivity contribution >= 4 is 44.7 Å². The van der Waals surface area contributed by atoms with E-state index >= 15 is 0 Å². The molecule has 1 saturated carbocycles. The fourth-order valence-electron chi connectivity index (χ4n) is 3.79. The maximum Gasteiger partial charge on any atom is 0.157 e. The molecule has 0 saturated heterocycles. The van der Waals surface area contributed by atoms with Gasteiger partial charge in [-0.05, 0) is 70.4 Å². The third kappa shape index (κ3) is 3.58. The molecule has 6 nitrogen and oxygen atoms in total. The topological polar surface area (TPSA) is 89.5 Å². The summed E-state index contributed by atoms with van der Waals surface area (Å²) in [5.74, 6) is 1.27. The van der Waals surface area contributed by atoms with Gasteiger partial charge in [0.25, 0.3) is 0 Å². The van der Waals surface area contributed by atoms with Crippen LogP contribution in [0.15, 0.2) is 53.8 Å². The lowest BCUT2D eigenvalue weighted by Gasteiger charge is -2.41. The number of hydrogen-bond donors (Lipinski definition) is 4. The molecule has 0 bridgehead atoms. The Kier molecular flexibility index (Phi) is 5.24. The Balaban J connectivity index is 1.70. The molecule has 29 heavy (non-hydrogen) atoms. The van der Waals surface area contributed by atoms with Gasteiger partial charge < -0.3 is 15.6 Å². The van der Waals surface area contributed by atoms with Gasteiger partial charge in [0.05, 0.1) is 5.41 Å². The first kappa shape index (κ1) is 19.4. The Bertz CT molecular complexity index is 1110. The Morgan fingerprint density at radius 1 is 1.34 bits per heavy atom. The van der Waals surface area contributed by atoms with Crippen molar-refractivity contribution in [2.75, 3.05) is 12.4 Å². The maximum absolute atomic E-state index is 8.04. The number of rotatable bonds is 6. The van der Waals surface area contributed by atoms with Gasteiger partial charge in [-0.1, -0.05) is 25.1 Å². The molecule has 1 aliphatic carbocycles. The van der Waals surface area contributed by atoms with E-state index < -0.39 is 0 Å². The van der Waals surface area contributed by atoms with Crippen molar-refractivity contribution < 1.29 is 0 Å². The van der Waals surface area contributed by atoms with E-state index in [0.29, 0.717) is 5.84 Å². The lowest BCUT2D eigenvalue weighted by molar-refractivity contribution is 0.287. The van der Waals surface area contributed by atoms with Crippen LogP contribution in [0.2, 0.25) is 0 Å². The molecule has 1 aromatic carbocycles. The summed E-state index contributed by atoms with van der Waals surface area (Å²) in [6, 6.07) is 8.28. The smallest absolute Gasteiger partial charge is 0.157 e. The van der Waals surface area contributed by atoms with E-state index in [0.717, 1.165) is 52.0 Å². The van der Waals surface area contributed by atoms with Crippen LogP contribution >= 0.6 is 15.9 Å². The van der Waals surface area contributed by atoms with Gasteiger partial charge in [-0.2, -0.15) is 0 Å². The van der Waals surface area contributed by atoms with Crippen LogP contribution in [-0.4, -0.2) is 27.8 Å². The molecule has 2 aromatic heterocycles. The number of imidazole rings is 1. The highest BCUT2D eigenvalue weighted by atomic mass is 79.9. The van der Waals surface area contributed by atoms with Crippen LogP contribution in [0.4, 0.5) is 5.69 Å². The van der Waals surface area contributed by atoms with Crippen molar-refractivity contribution in [1.82, 2.24) is 20.3 Å². The molecule has 0 unspecified atom stereocenters. The minimum Gasteiger partial charge on any atom is -0.394 e. The number of aromatic nitrogens is 3. The molecule has 4 rings (SSSR count). The van der Waals surface area contributed by atoms with E-state index in [9.17, 15) is 0 Å². The number of nitrogens with zero attached hydrogens (tertiary/aromatic N) is 2. The highest BCUT2D eigenvalue weighted by Crippen LogP contribution is 2.48. The summed E-state index contributed by atoms with van der Waals surface area (Å²) >= 11 is 3.47. The predicted molar refractivity (Wildman–Crippen MR) is 122 cm³/mol. The van der Waals surface area contributed by atoms with Gasteiger partial charge in [-0.3, -0.25) is 5.41 Å². The van der Waals surface area contributed by atoms with Crippen molar-refractivity contribution in [3.63, 3.8) is 0 Å². The van der Waals surface area contributed by atoms with Crippen LogP contribution in [0.25, 0.3) is 17.2 Å². The molecule has 148 valence electrons. The fraction of sp³-hybridized carbons (Fsp3) is 0.227. The summed E-state index contributed by atoms with van der Waals surface area (Å²) < 4.78 is 0.921. The number of pyridine rings is 1. The molecule has 3 aromatic rings. The first-order valence-electron chi connectivity index (χ1n) is 9.54. The Hall–Kier alpha value is -2.93. The van der Waals surface area contributed by atoms with E-state index in [-0.39, 0.29) is 5.41 Å². The molecule has 4 N–H and O–H groups in total. The number of benzene rings is 1. The number of fused-ring (bicyclic) bond motifs is 1. The number of amidine groups is 1.